The zero-order chi connectivity index (χ0) is 12.2. The van der Waals surface area contributed by atoms with Gasteiger partial charge in [-0.1, -0.05) is 12.8 Å². The largest absolute Gasteiger partial charge is 0.366 e. The zero-order valence-corrected chi connectivity index (χ0v) is 11.1. The van der Waals surface area contributed by atoms with E-state index in [9.17, 15) is 4.79 Å². The van der Waals surface area contributed by atoms with Crippen molar-refractivity contribution in [2.24, 2.45) is 5.92 Å². The van der Waals surface area contributed by atoms with E-state index in [1.165, 1.54) is 25.7 Å². The number of rotatable bonds is 4. The van der Waals surface area contributed by atoms with Crippen molar-refractivity contribution in [2.45, 2.75) is 52.1 Å². The Kier molecular flexibility index (Phi) is 4.78. The van der Waals surface area contributed by atoms with Gasteiger partial charge in [-0.15, -0.1) is 0 Å². The molecule has 1 aliphatic carbocycles. The van der Waals surface area contributed by atoms with Gasteiger partial charge < -0.3 is 9.64 Å². The summed E-state index contributed by atoms with van der Waals surface area (Å²) in [5, 5.41) is 0. The number of carbonyl (C=O) groups is 1. The van der Waals surface area contributed by atoms with E-state index < -0.39 is 0 Å². The molecule has 3 heteroatoms. The molecule has 16 heavy (non-hydrogen) atoms. The van der Waals surface area contributed by atoms with Gasteiger partial charge in [-0.25, -0.2) is 0 Å². The van der Waals surface area contributed by atoms with Crippen LogP contribution < -0.4 is 0 Å². The molecule has 0 aromatic heterocycles. The first-order valence-corrected chi connectivity index (χ1v) is 6.26. The predicted molar refractivity (Wildman–Crippen MR) is 65.3 cm³/mol. The fourth-order valence-electron chi connectivity index (χ4n) is 2.07. The lowest BCUT2D eigenvalue weighted by Crippen LogP contribution is -2.36. The standard InChI is InChI=1S/C13H25NO2/c1-13(2,3)16-10-12(15)14(4)9-11-7-5-6-8-11/h11H,5-10H2,1-4H3. The summed E-state index contributed by atoms with van der Waals surface area (Å²) in [6, 6.07) is 0. The number of carbonyl (C=O) groups excluding carboxylic acids is 1. The van der Waals surface area contributed by atoms with E-state index in [-0.39, 0.29) is 18.1 Å². The SMILES string of the molecule is CN(CC1CCCC1)C(=O)COC(C)(C)C. The molecule has 0 aliphatic heterocycles. The van der Waals surface area contributed by atoms with Crippen LogP contribution in [0, 0.1) is 5.92 Å². The van der Waals surface area contributed by atoms with Crippen molar-refractivity contribution in [3.8, 4) is 0 Å². The first-order valence-electron chi connectivity index (χ1n) is 6.26. The van der Waals surface area contributed by atoms with Crippen molar-refractivity contribution in [3.05, 3.63) is 0 Å². The molecule has 0 aromatic carbocycles. The third-order valence-corrected chi connectivity index (χ3v) is 3.06. The second-order valence-corrected chi connectivity index (χ2v) is 5.83. The van der Waals surface area contributed by atoms with E-state index in [1.54, 1.807) is 0 Å². The van der Waals surface area contributed by atoms with Crippen molar-refractivity contribution in [2.75, 3.05) is 20.2 Å². The molecule has 0 N–H and O–H groups in total. The maximum absolute atomic E-state index is 11.8. The molecule has 0 saturated heterocycles. The van der Waals surface area contributed by atoms with Gasteiger partial charge in [0, 0.05) is 13.6 Å². The van der Waals surface area contributed by atoms with Crippen LogP contribution in [0.1, 0.15) is 46.5 Å². The average Bonchev–Trinajstić information content (AvgIpc) is 2.65. The molecule has 1 fully saturated rings. The zero-order valence-electron chi connectivity index (χ0n) is 11.1. The summed E-state index contributed by atoms with van der Waals surface area (Å²) < 4.78 is 5.49. The monoisotopic (exact) mass is 227 g/mol. The van der Waals surface area contributed by atoms with Gasteiger partial charge in [-0.2, -0.15) is 0 Å². The van der Waals surface area contributed by atoms with Crippen molar-refractivity contribution in [1.82, 2.24) is 4.90 Å². The second-order valence-electron chi connectivity index (χ2n) is 5.83. The van der Waals surface area contributed by atoms with Crippen LogP contribution in [0.4, 0.5) is 0 Å². The minimum atomic E-state index is -0.232. The fourth-order valence-corrected chi connectivity index (χ4v) is 2.07. The van der Waals surface area contributed by atoms with E-state index in [4.69, 9.17) is 4.74 Å². The first kappa shape index (κ1) is 13.5. The smallest absolute Gasteiger partial charge is 0.248 e. The summed E-state index contributed by atoms with van der Waals surface area (Å²) in [6.45, 7) is 7.00. The Labute approximate surface area is 99.1 Å². The highest BCUT2D eigenvalue weighted by atomic mass is 16.5. The Hall–Kier alpha value is -0.570. The maximum atomic E-state index is 11.8. The lowest BCUT2D eigenvalue weighted by atomic mass is 10.1. The highest BCUT2D eigenvalue weighted by molar-refractivity contribution is 5.77. The number of likely N-dealkylation sites (N-methyl/N-ethyl adjacent to an activating group) is 1. The Morgan fingerprint density at radius 2 is 1.88 bits per heavy atom. The molecular formula is C13H25NO2. The number of hydrogen-bond acceptors (Lipinski definition) is 2. The summed E-state index contributed by atoms with van der Waals surface area (Å²) >= 11 is 0. The number of ether oxygens (including phenoxy) is 1. The molecule has 0 atom stereocenters. The topological polar surface area (TPSA) is 29.5 Å². The van der Waals surface area contributed by atoms with Gasteiger partial charge in [0.1, 0.15) is 6.61 Å². The van der Waals surface area contributed by atoms with Crippen LogP contribution in [0.3, 0.4) is 0 Å². The van der Waals surface area contributed by atoms with Gasteiger partial charge in [0.25, 0.3) is 0 Å². The maximum Gasteiger partial charge on any atom is 0.248 e. The van der Waals surface area contributed by atoms with Crippen LogP contribution >= 0.6 is 0 Å². The molecule has 1 rings (SSSR count). The molecule has 1 amide bonds. The minimum absolute atomic E-state index is 0.0989. The van der Waals surface area contributed by atoms with Crippen LogP contribution in [0.5, 0.6) is 0 Å². The molecular weight excluding hydrogens is 202 g/mol. The van der Waals surface area contributed by atoms with Gasteiger partial charge in [-0.3, -0.25) is 4.79 Å². The lowest BCUT2D eigenvalue weighted by molar-refractivity contribution is -0.140. The van der Waals surface area contributed by atoms with Crippen molar-refractivity contribution in [1.29, 1.82) is 0 Å². The third-order valence-electron chi connectivity index (χ3n) is 3.06. The first-order chi connectivity index (χ1) is 7.38. The molecule has 1 aliphatic rings. The molecule has 0 heterocycles. The molecule has 0 spiro atoms. The fraction of sp³-hybridized carbons (Fsp3) is 0.923. The second kappa shape index (κ2) is 5.67. The summed E-state index contributed by atoms with van der Waals surface area (Å²) in [5.41, 5.74) is -0.232. The third kappa shape index (κ3) is 4.97. The molecule has 0 unspecified atom stereocenters. The molecule has 1 saturated carbocycles. The molecule has 3 nitrogen and oxygen atoms in total. The summed E-state index contributed by atoms with van der Waals surface area (Å²) in [7, 11) is 1.88. The average molecular weight is 227 g/mol. The van der Waals surface area contributed by atoms with Gasteiger partial charge in [0.2, 0.25) is 5.91 Å². The van der Waals surface area contributed by atoms with Gasteiger partial charge in [0.05, 0.1) is 5.60 Å². The van der Waals surface area contributed by atoms with Crippen LogP contribution in [0.2, 0.25) is 0 Å². The Morgan fingerprint density at radius 1 is 1.31 bits per heavy atom. The Bertz CT molecular complexity index is 227. The number of nitrogens with zero attached hydrogens (tertiary/aromatic N) is 1. The van der Waals surface area contributed by atoms with Crippen LogP contribution in [0.25, 0.3) is 0 Å². The van der Waals surface area contributed by atoms with Crippen molar-refractivity contribution < 1.29 is 9.53 Å². The Balaban J connectivity index is 2.24. The minimum Gasteiger partial charge on any atom is -0.366 e. The van der Waals surface area contributed by atoms with E-state index in [0.29, 0.717) is 5.92 Å². The highest BCUT2D eigenvalue weighted by Gasteiger charge is 2.20. The molecule has 0 aromatic rings. The summed E-state index contributed by atoms with van der Waals surface area (Å²) in [6.07, 6.45) is 5.20. The number of amides is 1. The van der Waals surface area contributed by atoms with Gasteiger partial charge >= 0.3 is 0 Å². The van der Waals surface area contributed by atoms with Crippen LogP contribution in [0.15, 0.2) is 0 Å². The highest BCUT2D eigenvalue weighted by Crippen LogP contribution is 2.25. The van der Waals surface area contributed by atoms with Crippen LogP contribution in [-0.4, -0.2) is 36.6 Å². The van der Waals surface area contributed by atoms with Gasteiger partial charge in [0.15, 0.2) is 0 Å². The summed E-state index contributed by atoms with van der Waals surface area (Å²) in [5.74, 6) is 0.811. The van der Waals surface area contributed by atoms with Crippen molar-refractivity contribution >= 4 is 5.91 Å². The normalized spacial score (nSPS) is 17.8. The van der Waals surface area contributed by atoms with Crippen molar-refractivity contribution in [3.63, 3.8) is 0 Å². The Morgan fingerprint density at radius 3 is 2.38 bits per heavy atom. The van der Waals surface area contributed by atoms with E-state index >= 15 is 0 Å². The number of hydrogen-bond donors (Lipinski definition) is 0. The van der Waals surface area contributed by atoms with E-state index in [1.807, 2.05) is 32.7 Å². The lowest BCUT2D eigenvalue weighted by Gasteiger charge is -2.24. The molecule has 94 valence electrons. The van der Waals surface area contributed by atoms with Gasteiger partial charge in [-0.05, 0) is 39.5 Å². The molecule has 0 bridgehead atoms. The van der Waals surface area contributed by atoms with Crippen LogP contribution in [-0.2, 0) is 9.53 Å². The predicted octanol–water partition coefficient (Wildman–Crippen LogP) is 2.45. The quantitative estimate of drug-likeness (QED) is 0.738. The van der Waals surface area contributed by atoms with E-state index in [2.05, 4.69) is 0 Å². The summed E-state index contributed by atoms with van der Waals surface area (Å²) in [4.78, 5) is 13.6. The van der Waals surface area contributed by atoms with E-state index in [0.717, 1.165) is 6.54 Å². The molecule has 0 radical (unpaired) electrons.